The van der Waals surface area contributed by atoms with E-state index in [1.807, 2.05) is 59.5 Å². The van der Waals surface area contributed by atoms with Crippen molar-refractivity contribution in [2.75, 3.05) is 25.0 Å². The van der Waals surface area contributed by atoms with Gasteiger partial charge in [-0.2, -0.15) is 0 Å². The van der Waals surface area contributed by atoms with Crippen molar-refractivity contribution in [3.63, 3.8) is 0 Å². The SMILES string of the molecule is O=C(CNc1ccc(OCc2ccccc2)cc1)N1CCCCC1. The number of rotatable bonds is 6. The molecule has 1 amide bonds. The molecule has 24 heavy (non-hydrogen) atoms. The summed E-state index contributed by atoms with van der Waals surface area (Å²) in [4.78, 5) is 14.1. The molecule has 0 radical (unpaired) electrons. The number of anilines is 1. The van der Waals surface area contributed by atoms with E-state index in [0.717, 1.165) is 42.9 Å². The number of amides is 1. The molecule has 0 aliphatic carbocycles. The van der Waals surface area contributed by atoms with Gasteiger partial charge in [0.2, 0.25) is 5.91 Å². The van der Waals surface area contributed by atoms with Crippen LogP contribution in [0.25, 0.3) is 0 Å². The summed E-state index contributed by atoms with van der Waals surface area (Å²) >= 11 is 0. The lowest BCUT2D eigenvalue weighted by Crippen LogP contribution is -2.39. The number of nitrogens with one attached hydrogen (secondary N) is 1. The van der Waals surface area contributed by atoms with E-state index in [1.165, 1.54) is 6.42 Å². The molecule has 0 spiro atoms. The maximum absolute atomic E-state index is 12.1. The number of benzene rings is 2. The summed E-state index contributed by atoms with van der Waals surface area (Å²) in [7, 11) is 0. The van der Waals surface area contributed by atoms with Crippen LogP contribution in [-0.4, -0.2) is 30.4 Å². The average molecular weight is 324 g/mol. The highest BCUT2D eigenvalue weighted by atomic mass is 16.5. The predicted molar refractivity (Wildman–Crippen MR) is 96.1 cm³/mol. The number of carbonyl (C=O) groups is 1. The molecule has 2 aromatic rings. The summed E-state index contributed by atoms with van der Waals surface area (Å²) in [6.45, 7) is 2.70. The van der Waals surface area contributed by atoms with Crippen molar-refractivity contribution in [1.29, 1.82) is 0 Å². The van der Waals surface area contributed by atoms with Gasteiger partial charge in [-0.15, -0.1) is 0 Å². The van der Waals surface area contributed by atoms with E-state index in [1.54, 1.807) is 0 Å². The second kappa shape index (κ2) is 8.39. The molecule has 0 saturated carbocycles. The van der Waals surface area contributed by atoms with Crippen molar-refractivity contribution in [1.82, 2.24) is 4.90 Å². The smallest absolute Gasteiger partial charge is 0.241 e. The molecule has 126 valence electrons. The summed E-state index contributed by atoms with van der Waals surface area (Å²) < 4.78 is 5.76. The number of ether oxygens (including phenoxy) is 1. The Hall–Kier alpha value is -2.49. The monoisotopic (exact) mass is 324 g/mol. The Morgan fingerprint density at radius 2 is 1.67 bits per heavy atom. The second-order valence-electron chi connectivity index (χ2n) is 6.09. The molecule has 3 rings (SSSR count). The Labute approximate surface area is 143 Å². The van der Waals surface area contributed by atoms with Gasteiger partial charge >= 0.3 is 0 Å². The molecule has 0 unspecified atom stereocenters. The van der Waals surface area contributed by atoms with Gasteiger partial charge in [0, 0.05) is 18.8 Å². The molecule has 2 aromatic carbocycles. The van der Waals surface area contributed by atoms with Crippen molar-refractivity contribution in [2.45, 2.75) is 25.9 Å². The number of hydrogen-bond donors (Lipinski definition) is 1. The zero-order chi connectivity index (χ0) is 16.6. The highest BCUT2D eigenvalue weighted by Gasteiger charge is 2.15. The third-order valence-corrected chi connectivity index (χ3v) is 4.26. The fraction of sp³-hybridized carbons (Fsp3) is 0.350. The van der Waals surface area contributed by atoms with Gasteiger partial charge in [-0.3, -0.25) is 4.79 Å². The molecular weight excluding hydrogens is 300 g/mol. The van der Waals surface area contributed by atoms with E-state index in [0.29, 0.717) is 13.2 Å². The van der Waals surface area contributed by atoms with Crippen LogP contribution in [0.1, 0.15) is 24.8 Å². The Morgan fingerprint density at radius 3 is 2.38 bits per heavy atom. The molecule has 1 saturated heterocycles. The molecule has 1 heterocycles. The van der Waals surface area contributed by atoms with Crippen LogP contribution in [0.3, 0.4) is 0 Å². The Bertz CT molecular complexity index is 634. The van der Waals surface area contributed by atoms with E-state index < -0.39 is 0 Å². The fourth-order valence-corrected chi connectivity index (χ4v) is 2.84. The van der Waals surface area contributed by atoms with Crippen LogP contribution in [0.2, 0.25) is 0 Å². The van der Waals surface area contributed by atoms with Crippen LogP contribution >= 0.6 is 0 Å². The molecule has 0 aromatic heterocycles. The van der Waals surface area contributed by atoms with Crippen LogP contribution in [0, 0.1) is 0 Å². The van der Waals surface area contributed by atoms with Gasteiger partial charge < -0.3 is 15.0 Å². The van der Waals surface area contributed by atoms with Gasteiger partial charge in [0.05, 0.1) is 6.54 Å². The zero-order valence-corrected chi connectivity index (χ0v) is 13.9. The van der Waals surface area contributed by atoms with Gasteiger partial charge in [0.1, 0.15) is 12.4 Å². The Morgan fingerprint density at radius 1 is 0.958 bits per heavy atom. The van der Waals surface area contributed by atoms with E-state index in [2.05, 4.69) is 5.32 Å². The van der Waals surface area contributed by atoms with Crippen LogP contribution in [0.15, 0.2) is 54.6 Å². The molecule has 1 fully saturated rings. The molecule has 1 aliphatic heterocycles. The van der Waals surface area contributed by atoms with Crippen LogP contribution < -0.4 is 10.1 Å². The minimum Gasteiger partial charge on any atom is -0.489 e. The summed E-state index contributed by atoms with van der Waals surface area (Å²) in [5.74, 6) is 1.01. The highest BCUT2D eigenvalue weighted by Crippen LogP contribution is 2.17. The van der Waals surface area contributed by atoms with E-state index in [4.69, 9.17) is 4.74 Å². The van der Waals surface area contributed by atoms with Crippen molar-refractivity contribution < 1.29 is 9.53 Å². The van der Waals surface area contributed by atoms with Crippen LogP contribution in [0.4, 0.5) is 5.69 Å². The first-order valence-electron chi connectivity index (χ1n) is 8.60. The maximum atomic E-state index is 12.1. The van der Waals surface area contributed by atoms with Crippen molar-refractivity contribution in [3.8, 4) is 5.75 Å². The Kier molecular flexibility index (Phi) is 5.72. The van der Waals surface area contributed by atoms with Crippen LogP contribution in [-0.2, 0) is 11.4 Å². The molecule has 0 bridgehead atoms. The van der Waals surface area contributed by atoms with Crippen molar-refractivity contribution >= 4 is 11.6 Å². The number of carbonyl (C=O) groups excluding carboxylic acids is 1. The van der Waals surface area contributed by atoms with Gasteiger partial charge in [-0.1, -0.05) is 30.3 Å². The first-order valence-corrected chi connectivity index (χ1v) is 8.60. The quantitative estimate of drug-likeness (QED) is 0.881. The van der Waals surface area contributed by atoms with Crippen molar-refractivity contribution in [3.05, 3.63) is 60.2 Å². The summed E-state index contributed by atoms with van der Waals surface area (Å²) in [5, 5.41) is 3.20. The van der Waals surface area contributed by atoms with Gasteiger partial charge in [-0.05, 0) is 49.1 Å². The lowest BCUT2D eigenvalue weighted by molar-refractivity contribution is -0.130. The molecule has 1 aliphatic rings. The number of nitrogens with zero attached hydrogens (tertiary/aromatic N) is 1. The van der Waals surface area contributed by atoms with Gasteiger partial charge in [0.15, 0.2) is 0 Å². The Balaban J connectivity index is 1.45. The standard InChI is InChI=1S/C20H24N2O2/c23-20(22-13-5-2-6-14-22)15-21-18-9-11-19(12-10-18)24-16-17-7-3-1-4-8-17/h1,3-4,7-12,21H,2,5-6,13-16H2. The lowest BCUT2D eigenvalue weighted by Gasteiger charge is -2.26. The van der Waals surface area contributed by atoms with Gasteiger partial charge in [0.25, 0.3) is 0 Å². The third kappa shape index (κ3) is 4.75. The molecule has 4 nitrogen and oxygen atoms in total. The molecular formula is C20H24N2O2. The lowest BCUT2D eigenvalue weighted by atomic mass is 10.1. The van der Waals surface area contributed by atoms with E-state index >= 15 is 0 Å². The molecule has 4 heteroatoms. The topological polar surface area (TPSA) is 41.6 Å². The zero-order valence-electron chi connectivity index (χ0n) is 13.9. The highest BCUT2D eigenvalue weighted by molar-refractivity contribution is 5.81. The average Bonchev–Trinajstić information content (AvgIpc) is 2.67. The maximum Gasteiger partial charge on any atom is 0.241 e. The minimum absolute atomic E-state index is 0.180. The van der Waals surface area contributed by atoms with Gasteiger partial charge in [-0.25, -0.2) is 0 Å². The summed E-state index contributed by atoms with van der Waals surface area (Å²) in [6.07, 6.45) is 3.49. The first kappa shape index (κ1) is 16.4. The van der Waals surface area contributed by atoms with Crippen LogP contribution in [0.5, 0.6) is 5.75 Å². The fourth-order valence-electron chi connectivity index (χ4n) is 2.84. The number of hydrogen-bond acceptors (Lipinski definition) is 3. The number of likely N-dealkylation sites (tertiary alicyclic amines) is 1. The first-order chi connectivity index (χ1) is 11.8. The normalized spacial score (nSPS) is 14.2. The molecule has 0 atom stereocenters. The minimum atomic E-state index is 0.180. The molecule has 1 N–H and O–H groups in total. The predicted octanol–water partition coefficient (Wildman–Crippen LogP) is 3.69. The van der Waals surface area contributed by atoms with E-state index in [9.17, 15) is 4.79 Å². The summed E-state index contributed by atoms with van der Waals surface area (Å²) in [5.41, 5.74) is 2.08. The van der Waals surface area contributed by atoms with E-state index in [-0.39, 0.29) is 5.91 Å². The summed E-state index contributed by atoms with van der Waals surface area (Å²) in [6, 6.07) is 17.8. The number of piperidine rings is 1. The van der Waals surface area contributed by atoms with Crippen molar-refractivity contribution in [2.24, 2.45) is 0 Å². The third-order valence-electron chi connectivity index (χ3n) is 4.26. The second-order valence-corrected chi connectivity index (χ2v) is 6.09. The largest absolute Gasteiger partial charge is 0.489 e.